The number of nitrogens with one attached hydrogen (secondary N) is 2. The molecule has 3 atom stereocenters. The van der Waals surface area contributed by atoms with Crippen LogP contribution in [0.5, 0.6) is 0 Å². The molecule has 2 saturated heterocycles. The summed E-state index contributed by atoms with van der Waals surface area (Å²) >= 11 is 0. The predicted octanol–water partition coefficient (Wildman–Crippen LogP) is 0.579. The number of rotatable bonds is 5. The molecule has 0 saturated carbocycles. The summed E-state index contributed by atoms with van der Waals surface area (Å²) in [4.78, 5) is 40.2. The molecule has 3 heterocycles. The van der Waals surface area contributed by atoms with Crippen LogP contribution in [-0.2, 0) is 22.7 Å². The minimum Gasteiger partial charge on any atom is -0.322 e. The van der Waals surface area contributed by atoms with Crippen LogP contribution < -0.4 is 10.6 Å². The van der Waals surface area contributed by atoms with Crippen molar-refractivity contribution < 1.29 is 18.8 Å². The summed E-state index contributed by atoms with van der Waals surface area (Å²) in [5, 5.41) is 5.44. The molecule has 150 valence electrons. The number of nitrogens with zero attached hydrogens (tertiary/aromatic N) is 2. The van der Waals surface area contributed by atoms with Gasteiger partial charge in [-0.05, 0) is 37.1 Å². The fraction of sp³-hybridized carbons (Fsp3) is 0.550. The fourth-order valence-corrected chi connectivity index (χ4v) is 4.58. The van der Waals surface area contributed by atoms with Crippen molar-refractivity contribution in [2.75, 3.05) is 20.1 Å². The van der Waals surface area contributed by atoms with Gasteiger partial charge in [-0.25, -0.2) is 4.39 Å². The van der Waals surface area contributed by atoms with Crippen LogP contribution in [0.2, 0.25) is 0 Å². The second kappa shape index (κ2) is 7.60. The topological polar surface area (TPSA) is 81.8 Å². The minimum absolute atomic E-state index is 0.124. The van der Waals surface area contributed by atoms with Crippen molar-refractivity contribution in [3.05, 3.63) is 34.9 Å². The highest BCUT2D eigenvalue weighted by molar-refractivity contribution is 6.05. The quantitative estimate of drug-likeness (QED) is 0.722. The molecular formula is C20H25FN4O3. The summed E-state index contributed by atoms with van der Waals surface area (Å²) in [5.41, 5.74) is 2.50. The molecule has 28 heavy (non-hydrogen) atoms. The molecule has 1 aromatic rings. The number of likely N-dealkylation sites (N-methyl/N-ethyl adjacent to an activating group) is 1. The summed E-state index contributed by atoms with van der Waals surface area (Å²) in [5.74, 6) is -0.882. The molecule has 4 rings (SSSR count). The van der Waals surface area contributed by atoms with Crippen LogP contribution >= 0.6 is 0 Å². The molecule has 1 aromatic carbocycles. The number of likely N-dealkylation sites (tertiary alicyclic amines) is 1. The smallest absolute Gasteiger partial charge is 0.255 e. The third kappa shape index (κ3) is 3.42. The van der Waals surface area contributed by atoms with Crippen molar-refractivity contribution in [2.24, 2.45) is 0 Å². The van der Waals surface area contributed by atoms with Crippen molar-refractivity contribution in [3.8, 4) is 0 Å². The zero-order valence-corrected chi connectivity index (χ0v) is 15.9. The first kappa shape index (κ1) is 19.0. The molecule has 1 unspecified atom stereocenters. The molecule has 2 N–H and O–H groups in total. The second-order valence-electron chi connectivity index (χ2n) is 7.82. The average Bonchev–Trinajstić information content (AvgIpc) is 3.16. The Morgan fingerprint density at radius 1 is 1.29 bits per heavy atom. The summed E-state index contributed by atoms with van der Waals surface area (Å²) in [6.07, 6.45) is 0.258. The van der Waals surface area contributed by atoms with Crippen LogP contribution in [0.1, 0.15) is 40.7 Å². The molecule has 0 aromatic heterocycles. The normalized spacial score (nSPS) is 28.0. The van der Waals surface area contributed by atoms with Crippen LogP contribution in [0, 0.1) is 0 Å². The van der Waals surface area contributed by atoms with E-state index in [-0.39, 0.29) is 24.3 Å². The molecule has 0 aliphatic carbocycles. The Morgan fingerprint density at radius 2 is 2.11 bits per heavy atom. The van der Waals surface area contributed by atoms with Gasteiger partial charge in [0, 0.05) is 44.2 Å². The van der Waals surface area contributed by atoms with Gasteiger partial charge in [-0.2, -0.15) is 0 Å². The SMILES string of the molecule is CNC[C@@H]1C[C@H](F)CN1Cc1cccc2c1CN(C1CCC(=O)NC1=O)C2=O. The van der Waals surface area contributed by atoms with Crippen LogP contribution in [0.15, 0.2) is 18.2 Å². The molecule has 0 radical (unpaired) electrons. The number of carbonyl (C=O) groups is 3. The summed E-state index contributed by atoms with van der Waals surface area (Å²) in [6.45, 7) is 2.03. The highest BCUT2D eigenvalue weighted by Gasteiger charge is 2.40. The molecular weight excluding hydrogens is 363 g/mol. The fourth-order valence-electron chi connectivity index (χ4n) is 4.58. The molecule has 3 amide bonds. The summed E-state index contributed by atoms with van der Waals surface area (Å²) in [6, 6.07) is 5.10. The van der Waals surface area contributed by atoms with E-state index in [1.54, 1.807) is 11.0 Å². The first-order chi connectivity index (χ1) is 13.5. The van der Waals surface area contributed by atoms with Crippen molar-refractivity contribution >= 4 is 17.7 Å². The van der Waals surface area contributed by atoms with E-state index in [2.05, 4.69) is 15.5 Å². The Hall–Kier alpha value is -2.32. The number of fused-ring (bicyclic) bond motifs is 1. The molecule has 3 aliphatic rings. The Morgan fingerprint density at radius 3 is 2.86 bits per heavy atom. The van der Waals surface area contributed by atoms with Gasteiger partial charge in [0.2, 0.25) is 11.8 Å². The molecule has 3 aliphatic heterocycles. The highest BCUT2D eigenvalue weighted by atomic mass is 19.1. The lowest BCUT2D eigenvalue weighted by molar-refractivity contribution is -0.136. The molecule has 7 nitrogen and oxygen atoms in total. The first-order valence-electron chi connectivity index (χ1n) is 9.76. The van der Waals surface area contributed by atoms with Crippen molar-refractivity contribution in [1.82, 2.24) is 20.4 Å². The summed E-state index contributed by atoms with van der Waals surface area (Å²) in [7, 11) is 1.86. The molecule has 0 spiro atoms. The minimum atomic E-state index is -0.836. The number of hydrogen-bond donors (Lipinski definition) is 2. The van der Waals surface area contributed by atoms with Crippen LogP contribution in [-0.4, -0.2) is 65.9 Å². The first-order valence-corrected chi connectivity index (χ1v) is 9.76. The van der Waals surface area contributed by atoms with Crippen LogP contribution in [0.25, 0.3) is 0 Å². The lowest BCUT2D eigenvalue weighted by Crippen LogP contribution is -2.52. The number of halogens is 1. The summed E-state index contributed by atoms with van der Waals surface area (Å²) < 4.78 is 14.0. The lowest BCUT2D eigenvalue weighted by atomic mass is 10.0. The Balaban J connectivity index is 1.55. The predicted molar refractivity (Wildman–Crippen MR) is 100 cm³/mol. The third-order valence-corrected chi connectivity index (χ3v) is 5.97. The number of amides is 3. The van der Waals surface area contributed by atoms with Crippen LogP contribution in [0.3, 0.4) is 0 Å². The second-order valence-corrected chi connectivity index (χ2v) is 7.82. The molecule has 2 fully saturated rings. The number of benzene rings is 1. The van der Waals surface area contributed by atoms with E-state index >= 15 is 0 Å². The van der Waals surface area contributed by atoms with E-state index in [1.165, 1.54) is 0 Å². The standard InChI is InChI=1S/C20H25FN4O3/c1-22-8-14-7-13(21)10-24(14)9-12-3-2-4-15-16(12)11-25(20(15)28)17-5-6-18(26)23-19(17)27/h2-4,13-14,17,22H,5-11H2,1H3,(H,23,26,27)/t13-,14-,17?/m0/s1. The number of imide groups is 1. The zero-order chi connectivity index (χ0) is 19.8. The maximum absolute atomic E-state index is 14.0. The Kier molecular flexibility index (Phi) is 5.16. The van der Waals surface area contributed by atoms with E-state index < -0.39 is 18.1 Å². The largest absolute Gasteiger partial charge is 0.322 e. The van der Waals surface area contributed by atoms with Gasteiger partial charge in [0.15, 0.2) is 0 Å². The Labute approximate surface area is 163 Å². The van der Waals surface area contributed by atoms with Crippen molar-refractivity contribution in [1.29, 1.82) is 0 Å². The number of carbonyl (C=O) groups excluding carboxylic acids is 3. The highest BCUT2D eigenvalue weighted by Crippen LogP contribution is 2.32. The van der Waals surface area contributed by atoms with E-state index in [0.717, 1.165) is 17.7 Å². The van der Waals surface area contributed by atoms with Gasteiger partial charge in [0.05, 0.1) is 0 Å². The number of piperidine rings is 1. The van der Waals surface area contributed by atoms with Gasteiger partial charge in [0.1, 0.15) is 12.2 Å². The monoisotopic (exact) mass is 388 g/mol. The van der Waals surface area contributed by atoms with Crippen molar-refractivity contribution in [2.45, 2.75) is 50.6 Å². The molecule has 0 bridgehead atoms. The van der Waals surface area contributed by atoms with Crippen molar-refractivity contribution in [3.63, 3.8) is 0 Å². The van der Waals surface area contributed by atoms with Gasteiger partial charge >= 0.3 is 0 Å². The maximum Gasteiger partial charge on any atom is 0.255 e. The lowest BCUT2D eigenvalue weighted by Gasteiger charge is -2.29. The van der Waals surface area contributed by atoms with E-state index in [1.807, 2.05) is 19.2 Å². The van der Waals surface area contributed by atoms with Gasteiger partial charge in [0.25, 0.3) is 5.91 Å². The van der Waals surface area contributed by atoms with Gasteiger partial charge in [-0.1, -0.05) is 12.1 Å². The molecule has 8 heteroatoms. The average molecular weight is 388 g/mol. The van der Waals surface area contributed by atoms with Gasteiger partial charge < -0.3 is 10.2 Å². The zero-order valence-electron chi connectivity index (χ0n) is 15.9. The number of alkyl halides is 1. The van der Waals surface area contributed by atoms with Crippen LogP contribution in [0.4, 0.5) is 4.39 Å². The van der Waals surface area contributed by atoms with E-state index in [0.29, 0.717) is 38.0 Å². The Bertz CT molecular complexity index is 815. The van der Waals surface area contributed by atoms with Gasteiger partial charge in [-0.3, -0.25) is 24.6 Å². The van der Waals surface area contributed by atoms with E-state index in [4.69, 9.17) is 0 Å². The third-order valence-electron chi connectivity index (χ3n) is 5.97. The maximum atomic E-state index is 14.0. The van der Waals surface area contributed by atoms with Gasteiger partial charge in [-0.15, -0.1) is 0 Å². The number of hydrogen-bond acceptors (Lipinski definition) is 5. The van der Waals surface area contributed by atoms with E-state index in [9.17, 15) is 18.8 Å².